The van der Waals surface area contributed by atoms with Crippen LogP contribution in [-0.2, 0) is 11.3 Å². The molecule has 1 unspecified atom stereocenters. The van der Waals surface area contributed by atoms with Gasteiger partial charge in [-0.2, -0.15) is 0 Å². The van der Waals surface area contributed by atoms with Gasteiger partial charge >= 0.3 is 0 Å². The molecule has 1 atom stereocenters. The van der Waals surface area contributed by atoms with Crippen LogP contribution < -0.4 is 5.32 Å². The Morgan fingerprint density at radius 3 is 2.11 bits per heavy atom. The molecular formula is C31H35N3OS. The highest BCUT2D eigenvalue weighted by Gasteiger charge is 2.21. The molecule has 0 fully saturated rings. The van der Waals surface area contributed by atoms with E-state index in [9.17, 15) is 4.79 Å². The summed E-state index contributed by atoms with van der Waals surface area (Å²) in [7, 11) is 0. The normalized spacial score (nSPS) is 11.8. The quantitative estimate of drug-likeness (QED) is 0.164. The summed E-state index contributed by atoms with van der Waals surface area (Å²) in [6.45, 7) is 5.80. The van der Waals surface area contributed by atoms with Gasteiger partial charge in [0.1, 0.15) is 0 Å². The second-order valence-electron chi connectivity index (χ2n) is 8.84. The lowest BCUT2D eigenvalue weighted by Gasteiger charge is -2.15. The van der Waals surface area contributed by atoms with Crippen LogP contribution in [0.3, 0.4) is 0 Å². The van der Waals surface area contributed by atoms with E-state index in [-0.39, 0.29) is 11.8 Å². The van der Waals surface area contributed by atoms with E-state index >= 15 is 0 Å². The van der Waals surface area contributed by atoms with Crippen molar-refractivity contribution in [2.24, 2.45) is 0 Å². The number of hydrogen-bond acceptors (Lipinski definition) is 3. The fourth-order valence-corrected chi connectivity index (χ4v) is 5.33. The lowest BCUT2D eigenvalue weighted by atomic mass is 9.96. The van der Waals surface area contributed by atoms with Crippen LogP contribution in [-0.4, -0.2) is 27.8 Å². The molecule has 186 valence electrons. The first-order valence-corrected chi connectivity index (χ1v) is 13.9. The highest BCUT2D eigenvalue weighted by Crippen LogP contribution is 2.36. The van der Waals surface area contributed by atoms with Gasteiger partial charge in [-0.15, -0.1) is 0 Å². The lowest BCUT2D eigenvalue weighted by molar-refractivity contribution is -0.122. The molecule has 1 heterocycles. The Kier molecular flexibility index (Phi) is 9.40. The number of unbranched alkanes of at least 4 members (excludes halogenated alkanes) is 1. The van der Waals surface area contributed by atoms with Crippen molar-refractivity contribution in [1.29, 1.82) is 0 Å². The van der Waals surface area contributed by atoms with Crippen molar-refractivity contribution >= 4 is 17.7 Å². The predicted molar refractivity (Wildman–Crippen MR) is 151 cm³/mol. The van der Waals surface area contributed by atoms with E-state index in [1.165, 1.54) is 5.56 Å². The maximum Gasteiger partial charge on any atom is 0.227 e. The van der Waals surface area contributed by atoms with E-state index in [0.29, 0.717) is 6.54 Å². The van der Waals surface area contributed by atoms with E-state index < -0.39 is 0 Å². The molecule has 0 radical (unpaired) electrons. The molecule has 1 amide bonds. The number of carbonyl (C=O) groups is 1. The molecule has 4 aromatic rings. The third kappa shape index (κ3) is 6.27. The number of hydrogen-bond donors (Lipinski definition) is 1. The fraction of sp³-hybridized carbons (Fsp3) is 0.290. The second-order valence-corrected chi connectivity index (χ2v) is 9.90. The zero-order chi connectivity index (χ0) is 25.2. The summed E-state index contributed by atoms with van der Waals surface area (Å²) in [4.78, 5) is 18.0. The Balaban J connectivity index is 1.54. The third-order valence-electron chi connectivity index (χ3n) is 6.32. The van der Waals surface area contributed by atoms with Gasteiger partial charge in [-0.1, -0.05) is 123 Å². The molecule has 0 aliphatic carbocycles. The summed E-state index contributed by atoms with van der Waals surface area (Å²) < 4.78 is 2.37. The summed E-state index contributed by atoms with van der Waals surface area (Å²) in [5, 5.41) is 4.16. The number of nitrogens with zero attached hydrogens (tertiary/aromatic N) is 2. The highest BCUT2D eigenvalue weighted by molar-refractivity contribution is 7.99. The van der Waals surface area contributed by atoms with Crippen LogP contribution in [0.4, 0.5) is 0 Å². The molecule has 5 heteroatoms. The summed E-state index contributed by atoms with van der Waals surface area (Å²) >= 11 is 1.72. The Morgan fingerprint density at radius 2 is 1.50 bits per heavy atom. The van der Waals surface area contributed by atoms with Crippen LogP contribution >= 0.6 is 11.8 Å². The van der Waals surface area contributed by atoms with Gasteiger partial charge < -0.3 is 9.88 Å². The lowest BCUT2D eigenvalue weighted by Crippen LogP contribution is -2.31. The van der Waals surface area contributed by atoms with Gasteiger partial charge in [-0.25, -0.2) is 4.98 Å². The molecule has 4 nitrogen and oxygen atoms in total. The number of imidazole rings is 1. The maximum atomic E-state index is 12.9. The molecule has 0 aliphatic heterocycles. The number of benzene rings is 3. The van der Waals surface area contributed by atoms with E-state index in [1.54, 1.807) is 11.8 Å². The van der Waals surface area contributed by atoms with Gasteiger partial charge in [-0.05, 0) is 18.4 Å². The molecular weight excluding hydrogens is 462 g/mol. The minimum atomic E-state index is -0.114. The summed E-state index contributed by atoms with van der Waals surface area (Å²) in [6.07, 6.45) is 2.99. The van der Waals surface area contributed by atoms with E-state index in [4.69, 9.17) is 4.98 Å². The third-order valence-corrected chi connectivity index (χ3v) is 7.30. The van der Waals surface area contributed by atoms with Crippen molar-refractivity contribution in [2.45, 2.75) is 50.7 Å². The van der Waals surface area contributed by atoms with Crippen LogP contribution in [0.15, 0.2) is 96.2 Å². The Bertz CT molecular complexity index is 1220. The highest BCUT2D eigenvalue weighted by atomic mass is 32.2. The number of thioether (sulfide) groups is 1. The largest absolute Gasteiger partial charge is 0.355 e. The first-order valence-electron chi connectivity index (χ1n) is 12.9. The molecule has 1 N–H and O–H groups in total. The molecule has 0 saturated carbocycles. The van der Waals surface area contributed by atoms with E-state index in [2.05, 4.69) is 78.3 Å². The van der Waals surface area contributed by atoms with Gasteiger partial charge in [-0.3, -0.25) is 4.79 Å². The topological polar surface area (TPSA) is 46.9 Å². The minimum absolute atomic E-state index is 0.0913. The van der Waals surface area contributed by atoms with Crippen molar-refractivity contribution in [3.05, 3.63) is 96.6 Å². The first-order chi connectivity index (χ1) is 17.7. The molecule has 1 aromatic heterocycles. The minimum Gasteiger partial charge on any atom is -0.355 e. The number of aromatic nitrogens is 2. The Hall–Kier alpha value is -3.31. The van der Waals surface area contributed by atoms with Gasteiger partial charge in [0.15, 0.2) is 5.16 Å². The molecule has 3 aromatic carbocycles. The molecule has 0 spiro atoms. The molecule has 0 saturated heterocycles. The second kappa shape index (κ2) is 13.1. The Labute approximate surface area is 219 Å². The number of amides is 1. The number of carbonyl (C=O) groups excluding carboxylic acids is 1. The number of nitrogens with one attached hydrogen (secondary N) is 1. The SMILES string of the molecule is CCCCn1c(SCCNC(=O)C(CC)c2ccccc2)nc(-c2ccccc2)c1-c1ccccc1. The van der Waals surface area contributed by atoms with Gasteiger partial charge in [0.05, 0.1) is 17.3 Å². The standard InChI is InChI=1S/C31H35N3OS/c1-3-5-22-34-29(26-19-13-8-14-20-26)28(25-17-11-7-12-18-25)33-31(34)36-23-21-32-30(35)27(4-2)24-15-9-6-10-16-24/h6-20,27H,3-5,21-23H2,1-2H3,(H,32,35). The molecule has 0 bridgehead atoms. The van der Waals surface area contributed by atoms with Crippen LogP contribution in [0.25, 0.3) is 22.5 Å². The fourth-order valence-electron chi connectivity index (χ4n) is 4.45. The van der Waals surface area contributed by atoms with Crippen molar-refractivity contribution < 1.29 is 4.79 Å². The first kappa shape index (κ1) is 25.8. The predicted octanol–water partition coefficient (Wildman–Crippen LogP) is 7.42. The van der Waals surface area contributed by atoms with Crippen LogP contribution in [0, 0.1) is 0 Å². The molecule has 0 aliphatic rings. The zero-order valence-corrected chi connectivity index (χ0v) is 22.0. The Morgan fingerprint density at radius 1 is 0.889 bits per heavy atom. The average Bonchev–Trinajstić information content (AvgIpc) is 3.30. The van der Waals surface area contributed by atoms with E-state index in [1.807, 2.05) is 36.4 Å². The van der Waals surface area contributed by atoms with Crippen molar-refractivity contribution in [3.8, 4) is 22.5 Å². The van der Waals surface area contributed by atoms with Crippen LogP contribution in [0.1, 0.15) is 44.6 Å². The smallest absolute Gasteiger partial charge is 0.227 e. The van der Waals surface area contributed by atoms with Crippen LogP contribution in [0.5, 0.6) is 0 Å². The monoisotopic (exact) mass is 497 g/mol. The van der Waals surface area contributed by atoms with Gasteiger partial charge in [0.2, 0.25) is 5.91 Å². The van der Waals surface area contributed by atoms with Crippen molar-refractivity contribution in [1.82, 2.24) is 14.9 Å². The summed E-state index contributed by atoms with van der Waals surface area (Å²) in [5.41, 5.74) is 5.54. The van der Waals surface area contributed by atoms with Crippen molar-refractivity contribution in [3.63, 3.8) is 0 Å². The van der Waals surface area contributed by atoms with Crippen LogP contribution in [0.2, 0.25) is 0 Å². The van der Waals surface area contributed by atoms with Gasteiger partial charge in [0.25, 0.3) is 0 Å². The zero-order valence-electron chi connectivity index (χ0n) is 21.2. The average molecular weight is 498 g/mol. The number of rotatable bonds is 12. The maximum absolute atomic E-state index is 12.9. The molecule has 36 heavy (non-hydrogen) atoms. The molecule has 4 rings (SSSR count). The van der Waals surface area contributed by atoms with Crippen molar-refractivity contribution in [2.75, 3.05) is 12.3 Å². The summed E-state index contributed by atoms with van der Waals surface area (Å²) in [6, 6.07) is 31.0. The van der Waals surface area contributed by atoms with Gasteiger partial charge in [0, 0.05) is 30.0 Å². The van der Waals surface area contributed by atoms with E-state index in [0.717, 1.165) is 59.2 Å². The summed E-state index contributed by atoms with van der Waals surface area (Å²) in [5.74, 6) is 0.744.